The van der Waals surface area contributed by atoms with Crippen LogP contribution in [-0.2, 0) is 0 Å². The highest BCUT2D eigenvalue weighted by Crippen LogP contribution is 2.47. The molecular formula is C14H29N. The average molecular weight is 211 g/mol. The van der Waals surface area contributed by atoms with E-state index in [1.54, 1.807) is 0 Å². The first-order chi connectivity index (χ1) is 6.44. The third-order valence-electron chi connectivity index (χ3n) is 3.94. The van der Waals surface area contributed by atoms with Crippen molar-refractivity contribution in [1.29, 1.82) is 0 Å². The lowest BCUT2D eigenvalue weighted by Crippen LogP contribution is -2.40. The first-order valence-corrected chi connectivity index (χ1v) is 6.20. The third kappa shape index (κ3) is 2.75. The van der Waals surface area contributed by atoms with Gasteiger partial charge >= 0.3 is 0 Å². The lowest BCUT2D eigenvalue weighted by Gasteiger charge is -2.36. The van der Waals surface area contributed by atoms with Crippen LogP contribution in [0.2, 0.25) is 0 Å². The van der Waals surface area contributed by atoms with E-state index in [0.29, 0.717) is 16.4 Å². The predicted molar refractivity (Wildman–Crippen MR) is 68.1 cm³/mol. The number of rotatable bonds is 0. The molecule has 1 nitrogen and oxygen atoms in total. The SMILES string of the molecule is CC(C)(C)C1CN(C(C)(C)C)CC1(C)C. The lowest BCUT2D eigenvalue weighted by molar-refractivity contribution is 0.137. The van der Waals surface area contributed by atoms with Crippen LogP contribution in [-0.4, -0.2) is 23.5 Å². The van der Waals surface area contributed by atoms with Gasteiger partial charge in [0, 0.05) is 18.6 Å². The van der Waals surface area contributed by atoms with Crippen LogP contribution in [0.25, 0.3) is 0 Å². The molecule has 0 N–H and O–H groups in total. The van der Waals surface area contributed by atoms with Crippen LogP contribution in [0, 0.1) is 16.7 Å². The van der Waals surface area contributed by atoms with Crippen molar-refractivity contribution in [2.75, 3.05) is 13.1 Å². The van der Waals surface area contributed by atoms with Crippen molar-refractivity contribution >= 4 is 0 Å². The Hall–Kier alpha value is -0.0400. The maximum absolute atomic E-state index is 2.64. The summed E-state index contributed by atoms with van der Waals surface area (Å²) in [5.41, 5.74) is 1.19. The molecule has 0 saturated carbocycles. The average Bonchev–Trinajstić information content (AvgIpc) is 2.22. The summed E-state index contributed by atoms with van der Waals surface area (Å²) in [5, 5.41) is 0. The molecule has 0 radical (unpaired) electrons. The molecule has 0 aliphatic carbocycles. The molecule has 0 aromatic rings. The summed E-state index contributed by atoms with van der Waals surface area (Å²) in [6.45, 7) is 21.5. The summed E-state index contributed by atoms with van der Waals surface area (Å²) in [5.74, 6) is 0.796. The fourth-order valence-corrected chi connectivity index (χ4v) is 3.09. The van der Waals surface area contributed by atoms with Gasteiger partial charge in [-0.2, -0.15) is 0 Å². The van der Waals surface area contributed by atoms with Gasteiger partial charge in [-0.25, -0.2) is 0 Å². The van der Waals surface area contributed by atoms with Crippen molar-refractivity contribution in [3.05, 3.63) is 0 Å². The Morgan fingerprint density at radius 3 is 1.67 bits per heavy atom. The topological polar surface area (TPSA) is 3.24 Å². The van der Waals surface area contributed by atoms with Crippen molar-refractivity contribution in [1.82, 2.24) is 4.90 Å². The minimum absolute atomic E-state index is 0.317. The van der Waals surface area contributed by atoms with Crippen LogP contribution >= 0.6 is 0 Å². The van der Waals surface area contributed by atoms with E-state index in [-0.39, 0.29) is 0 Å². The van der Waals surface area contributed by atoms with Gasteiger partial charge in [0.15, 0.2) is 0 Å². The fourth-order valence-electron chi connectivity index (χ4n) is 3.09. The second-order valence-corrected chi connectivity index (χ2v) is 7.96. The monoisotopic (exact) mass is 211 g/mol. The van der Waals surface area contributed by atoms with Crippen LogP contribution in [0.3, 0.4) is 0 Å². The molecule has 1 saturated heterocycles. The molecule has 1 rings (SSSR count). The maximum Gasteiger partial charge on any atom is 0.0125 e. The van der Waals surface area contributed by atoms with Crippen LogP contribution < -0.4 is 0 Å². The molecular weight excluding hydrogens is 182 g/mol. The fraction of sp³-hybridized carbons (Fsp3) is 1.00. The summed E-state index contributed by atoms with van der Waals surface area (Å²) < 4.78 is 0. The molecule has 90 valence electrons. The Bertz CT molecular complexity index is 227. The Morgan fingerprint density at radius 2 is 1.47 bits per heavy atom. The molecule has 1 unspecified atom stereocenters. The van der Waals surface area contributed by atoms with E-state index >= 15 is 0 Å². The molecule has 0 spiro atoms. The van der Waals surface area contributed by atoms with Crippen molar-refractivity contribution in [3.63, 3.8) is 0 Å². The zero-order valence-corrected chi connectivity index (χ0v) is 11.9. The van der Waals surface area contributed by atoms with Crippen LogP contribution in [0.4, 0.5) is 0 Å². The van der Waals surface area contributed by atoms with Crippen molar-refractivity contribution in [3.8, 4) is 0 Å². The zero-order chi connectivity index (χ0) is 12.1. The normalized spacial score (nSPS) is 28.4. The van der Waals surface area contributed by atoms with Crippen molar-refractivity contribution in [2.45, 2.75) is 60.9 Å². The Kier molecular flexibility index (Phi) is 3.02. The molecule has 1 aliphatic rings. The summed E-state index contributed by atoms with van der Waals surface area (Å²) in [7, 11) is 0. The molecule has 1 heteroatoms. The molecule has 1 aliphatic heterocycles. The second kappa shape index (κ2) is 3.48. The van der Waals surface area contributed by atoms with E-state index in [4.69, 9.17) is 0 Å². The van der Waals surface area contributed by atoms with Crippen LogP contribution in [0.5, 0.6) is 0 Å². The van der Waals surface area contributed by atoms with E-state index in [1.165, 1.54) is 13.1 Å². The van der Waals surface area contributed by atoms with Crippen LogP contribution in [0.1, 0.15) is 55.4 Å². The summed E-state index contributed by atoms with van der Waals surface area (Å²) in [6.07, 6.45) is 0. The number of nitrogens with zero attached hydrogens (tertiary/aromatic N) is 1. The zero-order valence-electron chi connectivity index (χ0n) is 11.9. The predicted octanol–water partition coefficient (Wildman–Crippen LogP) is 3.79. The largest absolute Gasteiger partial charge is 0.298 e. The van der Waals surface area contributed by atoms with E-state index in [1.807, 2.05) is 0 Å². The van der Waals surface area contributed by atoms with Crippen molar-refractivity contribution < 1.29 is 0 Å². The van der Waals surface area contributed by atoms with Gasteiger partial charge in [-0.15, -0.1) is 0 Å². The quantitative estimate of drug-likeness (QED) is 0.589. The lowest BCUT2D eigenvalue weighted by atomic mass is 9.68. The van der Waals surface area contributed by atoms with Gasteiger partial charge in [0.2, 0.25) is 0 Å². The molecule has 1 heterocycles. The first-order valence-electron chi connectivity index (χ1n) is 6.20. The van der Waals surface area contributed by atoms with E-state index in [9.17, 15) is 0 Å². The smallest absolute Gasteiger partial charge is 0.0125 e. The summed E-state index contributed by atoms with van der Waals surface area (Å²) >= 11 is 0. The number of likely N-dealkylation sites (tertiary alicyclic amines) is 1. The molecule has 0 amide bonds. The van der Waals surface area contributed by atoms with Gasteiger partial charge in [-0.3, -0.25) is 4.90 Å². The Balaban J connectivity index is 2.87. The second-order valence-electron chi connectivity index (χ2n) is 7.96. The van der Waals surface area contributed by atoms with Gasteiger partial charge in [0.1, 0.15) is 0 Å². The minimum Gasteiger partial charge on any atom is -0.298 e. The summed E-state index contributed by atoms with van der Waals surface area (Å²) in [4.78, 5) is 2.64. The highest BCUT2D eigenvalue weighted by atomic mass is 15.2. The van der Waals surface area contributed by atoms with E-state index < -0.39 is 0 Å². The van der Waals surface area contributed by atoms with E-state index in [2.05, 4.69) is 60.3 Å². The summed E-state index contributed by atoms with van der Waals surface area (Å²) in [6, 6.07) is 0. The molecule has 0 aromatic heterocycles. The van der Waals surface area contributed by atoms with E-state index in [0.717, 1.165) is 5.92 Å². The number of hydrogen-bond acceptors (Lipinski definition) is 1. The molecule has 0 aromatic carbocycles. The highest BCUT2D eigenvalue weighted by molar-refractivity contribution is 4.99. The molecule has 0 bridgehead atoms. The third-order valence-corrected chi connectivity index (χ3v) is 3.94. The van der Waals surface area contributed by atoms with Gasteiger partial charge in [-0.05, 0) is 37.5 Å². The molecule has 1 atom stereocenters. The van der Waals surface area contributed by atoms with Gasteiger partial charge in [-0.1, -0.05) is 34.6 Å². The molecule has 15 heavy (non-hydrogen) atoms. The molecule has 1 fully saturated rings. The number of hydrogen-bond donors (Lipinski definition) is 0. The highest BCUT2D eigenvalue weighted by Gasteiger charge is 2.47. The standard InChI is InChI=1S/C14H29N/c1-12(2,3)11-9-15(13(4,5)6)10-14(11,7)8/h11H,9-10H2,1-8H3. The Labute approximate surface area is 96.2 Å². The first kappa shape index (κ1) is 13.0. The maximum atomic E-state index is 2.64. The van der Waals surface area contributed by atoms with Gasteiger partial charge in [0.25, 0.3) is 0 Å². The van der Waals surface area contributed by atoms with Gasteiger partial charge < -0.3 is 0 Å². The Morgan fingerprint density at radius 1 is 1.00 bits per heavy atom. The van der Waals surface area contributed by atoms with Gasteiger partial charge in [0.05, 0.1) is 0 Å². The van der Waals surface area contributed by atoms with Crippen molar-refractivity contribution in [2.24, 2.45) is 16.7 Å². The minimum atomic E-state index is 0.317. The van der Waals surface area contributed by atoms with Crippen LogP contribution in [0.15, 0.2) is 0 Å².